The van der Waals surface area contributed by atoms with Crippen LogP contribution in [-0.4, -0.2) is 16.1 Å². The maximum absolute atomic E-state index is 5.87. The van der Waals surface area contributed by atoms with Crippen LogP contribution in [0.25, 0.3) is 0 Å². The number of aryl methyl sites for hydroxylation is 2. The molecule has 0 fully saturated rings. The summed E-state index contributed by atoms with van der Waals surface area (Å²) in [5.74, 6) is 0.966. The molecule has 0 radical (unpaired) electrons. The van der Waals surface area contributed by atoms with Gasteiger partial charge < -0.3 is 9.88 Å². The first-order valence-corrected chi connectivity index (χ1v) is 7.09. The molecule has 0 aliphatic carbocycles. The Morgan fingerprint density at radius 3 is 2.68 bits per heavy atom. The van der Waals surface area contributed by atoms with E-state index in [9.17, 15) is 0 Å². The predicted molar refractivity (Wildman–Crippen MR) is 80.9 cm³/mol. The minimum absolute atomic E-state index is 0.783. The molecule has 1 aromatic carbocycles. The molecule has 2 aromatic rings. The van der Waals surface area contributed by atoms with E-state index in [0.29, 0.717) is 0 Å². The summed E-state index contributed by atoms with van der Waals surface area (Å²) >= 11 is 5.87. The van der Waals surface area contributed by atoms with Crippen LogP contribution < -0.4 is 5.32 Å². The van der Waals surface area contributed by atoms with Crippen molar-refractivity contribution < 1.29 is 0 Å². The molecule has 1 aromatic heterocycles. The van der Waals surface area contributed by atoms with E-state index in [0.717, 1.165) is 42.6 Å². The van der Waals surface area contributed by atoms with E-state index in [1.54, 1.807) is 0 Å². The Morgan fingerprint density at radius 1 is 1.26 bits per heavy atom. The van der Waals surface area contributed by atoms with E-state index in [2.05, 4.69) is 40.1 Å². The van der Waals surface area contributed by atoms with Crippen molar-refractivity contribution >= 4 is 17.5 Å². The molecule has 0 aliphatic rings. The molecular weight excluding hydrogens is 258 g/mol. The molecule has 0 atom stereocenters. The van der Waals surface area contributed by atoms with E-state index in [-0.39, 0.29) is 0 Å². The highest BCUT2D eigenvalue weighted by Crippen LogP contribution is 2.12. The number of benzene rings is 1. The molecule has 2 rings (SSSR count). The number of nitrogens with one attached hydrogen (secondary N) is 1. The monoisotopic (exact) mass is 277 g/mol. The van der Waals surface area contributed by atoms with Crippen molar-refractivity contribution in [3.8, 4) is 0 Å². The first-order chi connectivity index (χ1) is 9.19. The Bertz CT molecular complexity index is 517. The lowest BCUT2D eigenvalue weighted by Crippen LogP contribution is -2.10. The summed E-state index contributed by atoms with van der Waals surface area (Å²) in [7, 11) is 0. The van der Waals surface area contributed by atoms with Crippen molar-refractivity contribution in [3.05, 3.63) is 46.7 Å². The molecule has 3 nitrogen and oxygen atoms in total. The van der Waals surface area contributed by atoms with Crippen molar-refractivity contribution in [2.45, 2.75) is 33.2 Å². The number of imidazole rings is 1. The van der Waals surface area contributed by atoms with Crippen LogP contribution in [-0.2, 0) is 13.0 Å². The maximum Gasteiger partial charge on any atom is 0.203 e. The van der Waals surface area contributed by atoms with Gasteiger partial charge in [-0.1, -0.05) is 30.7 Å². The standard InChI is InChI=1S/C15H20ClN3/c1-3-10-19-11-12(2)18-15(19)17-9-8-13-4-6-14(16)7-5-13/h4-7,11H,3,8-10H2,1-2H3,(H,17,18). The zero-order chi connectivity index (χ0) is 13.7. The second kappa shape index (κ2) is 6.62. The molecule has 102 valence electrons. The topological polar surface area (TPSA) is 29.9 Å². The van der Waals surface area contributed by atoms with Gasteiger partial charge in [0.15, 0.2) is 0 Å². The van der Waals surface area contributed by atoms with Gasteiger partial charge in [-0.15, -0.1) is 0 Å². The van der Waals surface area contributed by atoms with Gasteiger partial charge in [0.2, 0.25) is 5.95 Å². The Morgan fingerprint density at radius 2 is 2.00 bits per heavy atom. The fourth-order valence-electron chi connectivity index (χ4n) is 2.07. The number of aromatic nitrogens is 2. The molecule has 0 saturated carbocycles. The smallest absolute Gasteiger partial charge is 0.203 e. The lowest BCUT2D eigenvalue weighted by Gasteiger charge is -2.08. The minimum atomic E-state index is 0.783. The van der Waals surface area contributed by atoms with E-state index in [1.165, 1.54) is 5.56 Å². The molecule has 0 aliphatic heterocycles. The van der Waals surface area contributed by atoms with Gasteiger partial charge in [-0.25, -0.2) is 4.98 Å². The van der Waals surface area contributed by atoms with Crippen LogP contribution >= 0.6 is 11.6 Å². The molecule has 0 bridgehead atoms. The molecular formula is C15H20ClN3. The zero-order valence-electron chi connectivity index (χ0n) is 11.5. The largest absolute Gasteiger partial charge is 0.355 e. The number of anilines is 1. The van der Waals surface area contributed by atoms with Gasteiger partial charge in [0.25, 0.3) is 0 Å². The molecule has 4 heteroatoms. The van der Waals surface area contributed by atoms with Gasteiger partial charge in [0, 0.05) is 24.3 Å². The quantitative estimate of drug-likeness (QED) is 0.868. The van der Waals surface area contributed by atoms with Crippen molar-refractivity contribution in [3.63, 3.8) is 0 Å². The molecule has 1 N–H and O–H groups in total. The molecule has 0 unspecified atom stereocenters. The summed E-state index contributed by atoms with van der Waals surface area (Å²) < 4.78 is 2.18. The fraction of sp³-hybridized carbons (Fsp3) is 0.400. The summed E-state index contributed by atoms with van der Waals surface area (Å²) in [6.07, 6.45) is 4.17. The molecule has 0 saturated heterocycles. The van der Waals surface area contributed by atoms with Gasteiger partial charge in [0.1, 0.15) is 0 Å². The lowest BCUT2D eigenvalue weighted by atomic mass is 10.1. The summed E-state index contributed by atoms with van der Waals surface area (Å²) in [6, 6.07) is 7.99. The Hall–Kier alpha value is -1.48. The molecule has 19 heavy (non-hydrogen) atoms. The second-order valence-corrected chi connectivity index (χ2v) is 5.14. The van der Waals surface area contributed by atoms with Crippen LogP contribution in [0.15, 0.2) is 30.5 Å². The number of nitrogens with zero attached hydrogens (tertiary/aromatic N) is 2. The highest BCUT2D eigenvalue weighted by Gasteiger charge is 2.04. The van der Waals surface area contributed by atoms with E-state index in [4.69, 9.17) is 11.6 Å². The molecule has 0 spiro atoms. The maximum atomic E-state index is 5.87. The van der Waals surface area contributed by atoms with Gasteiger partial charge in [-0.05, 0) is 37.5 Å². The van der Waals surface area contributed by atoms with Crippen molar-refractivity contribution in [2.24, 2.45) is 0 Å². The zero-order valence-corrected chi connectivity index (χ0v) is 12.2. The molecule has 1 heterocycles. The van der Waals surface area contributed by atoms with E-state index < -0.39 is 0 Å². The van der Waals surface area contributed by atoms with Crippen LogP contribution in [0, 0.1) is 6.92 Å². The van der Waals surface area contributed by atoms with E-state index >= 15 is 0 Å². The third kappa shape index (κ3) is 4.00. The lowest BCUT2D eigenvalue weighted by molar-refractivity contribution is 0.681. The van der Waals surface area contributed by atoms with E-state index in [1.807, 2.05) is 19.1 Å². The van der Waals surface area contributed by atoms with Crippen LogP contribution in [0.1, 0.15) is 24.6 Å². The third-order valence-electron chi connectivity index (χ3n) is 2.97. The molecule has 0 amide bonds. The summed E-state index contributed by atoms with van der Waals surface area (Å²) in [5, 5.41) is 4.18. The number of halogens is 1. The summed E-state index contributed by atoms with van der Waals surface area (Å²) in [5.41, 5.74) is 2.34. The second-order valence-electron chi connectivity index (χ2n) is 4.70. The predicted octanol–water partition coefficient (Wildman–Crippen LogP) is 3.91. The van der Waals surface area contributed by atoms with Crippen molar-refractivity contribution in [1.82, 2.24) is 9.55 Å². The van der Waals surface area contributed by atoms with Crippen LogP contribution in [0.2, 0.25) is 5.02 Å². The van der Waals surface area contributed by atoms with Gasteiger partial charge in [-0.2, -0.15) is 0 Å². The Balaban J connectivity index is 1.90. The third-order valence-corrected chi connectivity index (χ3v) is 3.22. The normalized spacial score (nSPS) is 10.7. The fourth-order valence-corrected chi connectivity index (χ4v) is 2.19. The SMILES string of the molecule is CCCn1cc(C)nc1NCCc1ccc(Cl)cc1. The van der Waals surface area contributed by atoms with Gasteiger partial charge in [0.05, 0.1) is 5.69 Å². The summed E-state index contributed by atoms with van der Waals surface area (Å²) in [6.45, 7) is 6.08. The average molecular weight is 278 g/mol. The van der Waals surface area contributed by atoms with Crippen LogP contribution in [0.4, 0.5) is 5.95 Å². The number of rotatable bonds is 6. The summed E-state index contributed by atoms with van der Waals surface area (Å²) in [4.78, 5) is 4.51. The van der Waals surface area contributed by atoms with Gasteiger partial charge in [-0.3, -0.25) is 0 Å². The highest BCUT2D eigenvalue weighted by atomic mass is 35.5. The van der Waals surface area contributed by atoms with Crippen LogP contribution in [0.5, 0.6) is 0 Å². The number of hydrogen-bond donors (Lipinski definition) is 1. The number of hydrogen-bond acceptors (Lipinski definition) is 2. The Labute approximate surface area is 119 Å². The van der Waals surface area contributed by atoms with Crippen molar-refractivity contribution in [2.75, 3.05) is 11.9 Å². The van der Waals surface area contributed by atoms with Crippen LogP contribution in [0.3, 0.4) is 0 Å². The van der Waals surface area contributed by atoms with Gasteiger partial charge >= 0.3 is 0 Å². The highest BCUT2D eigenvalue weighted by molar-refractivity contribution is 6.30. The minimum Gasteiger partial charge on any atom is -0.355 e. The van der Waals surface area contributed by atoms with Crippen molar-refractivity contribution in [1.29, 1.82) is 0 Å². The first kappa shape index (κ1) is 13.9. The first-order valence-electron chi connectivity index (χ1n) is 6.71. The average Bonchev–Trinajstić information content (AvgIpc) is 2.73. The Kier molecular flexibility index (Phi) is 4.86.